The van der Waals surface area contributed by atoms with Crippen molar-refractivity contribution < 1.29 is 18.3 Å². The fraction of sp³-hybridized carbons (Fsp3) is 0.321. The Balaban J connectivity index is 1.65. The highest BCUT2D eigenvalue weighted by Crippen LogP contribution is 2.50. The molecule has 0 saturated carbocycles. The van der Waals surface area contributed by atoms with E-state index < -0.39 is 11.6 Å². The van der Waals surface area contributed by atoms with E-state index in [9.17, 15) is 9.65 Å². The molecule has 0 fully saturated rings. The van der Waals surface area contributed by atoms with Gasteiger partial charge in [0, 0.05) is 23.9 Å². The highest BCUT2D eigenvalue weighted by Gasteiger charge is 2.32. The third-order valence-corrected chi connectivity index (χ3v) is 8.56. The number of nitrogens with one attached hydrogen (secondary N) is 1. The summed E-state index contributed by atoms with van der Waals surface area (Å²) in [6.07, 6.45) is 6.09. The summed E-state index contributed by atoms with van der Waals surface area (Å²) >= 11 is 7.83. The number of nitrogens with two attached hydrogens (primary N) is 1. The molecule has 6 rings (SSSR count). The molecule has 3 N–H and O–H groups in total. The molecule has 206 valence electrons. The lowest BCUT2D eigenvalue weighted by molar-refractivity contribution is 0.179. The molecule has 2 bridgehead atoms. The maximum atomic E-state index is 16.7. The predicted octanol–water partition coefficient (Wildman–Crippen LogP) is 5.80. The summed E-state index contributed by atoms with van der Waals surface area (Å²) in [6, 6.07) is 4.69. The van der Waals surface area contributed by atoms with Gasteiger partial charge in [-0.05, 0) is 38.1 Å². The molecular weight excluding hydrogens is 558 g/mol. The lowest BCUT2D eigenvalue weighted by Crippen LogP contribution is -2.29. The first-order valence-electron chi connectivity index (χ1n) is 12.9. The molecule has 40 heavy (non-hydrogen) atoms. The summed E-state index contributed by atoms with van der Waals surface area (Å²) in [7, 11) is 1.87. The standard InChI is InChI=1S/C28H25ClF2N6O2S/c1-34-9-8-14-5-3-2-4-10-37-11-12-38-24-20-23(35-28(39-14)36-27(20)37)22(31)19(21(24)29)15-6-7-17(30)25-18(15)16(13-32)26(33)40-25/h2-3,6-7,14,34H,4-5,8-12,33H2,1H3. The normalized spacial score (nSPS) is 16.9. The number of anilines is 2. The molecule has 4 heterocycles. The van der Waals surface area contributed by atoms with Crippen LogP contribution >= 0.6 is 22.9 Å². The van der Waals surface area contributed by atoms with Crippen LogP contribution in [0, 0.1) is 23.0 Å². The van der Waals surface area contributed by atoms with Crippen LogP contribution in [0.2, 0.25) is 5.02 Å². The summed E-state index contributed by atoms with van der Waals surface area (Å²) in [5, 5.41) is 13.6. The van der Waals surface area contributed by atoms with Crippen molar-refractivity contribution in [2.45, 2.75) is 25.4 Å². The minimum Gasteiger partial charge on any atom is -0.489 e. The summed E-state index contributed by atoms with van der Waals surface area (Å²) < 4.78 is 44.0. The number of rotatable bonds is 4. The average Bonchev–Trinajstić information content (AvgIpc) is 3.16. The van der Waals surface area contributed by atoms with E-state index in [2.05, 4.69) is 22.5 Å². The third-order valence-electron chi connectivity index (χ3n) is 7.17. The first-order chi connectivity index (χ1) is 19.4. The largest absolute Gasteiger partial charge is 0.489 e. The molecule has 12 heteroatoms. The summed E-state index contributed by atoms with van der Waals surface area (Å²) in [4.78, 5) is 11.3. The molecule has 4 aromatic rings. The fourth-order valence-corrected chi connectivity index (χ4v) is 6.54. The first kappa shape index (κ1) is 26.5. The van der Waals surface area contributed by atoms with Crippen molar-refractivity contribution in [3.63, 3.8) is 0 Å². The minimum absolute atomic E-state index is 0.0111. The molecule has 2 aromatic heterocycles. The SMILES string of the molecule is CNCCC1CC=CCCN2CCOc3c(Cl)c(-c4ccc(F)c5sc(N)c(C#N)c45)c(F)c4nc(nc2c34)O1. The van der Waals surface area contributed by atoms with Crippen LogP contribution in [0.1, 0.15) is 24.8 Å². The summed E-state index contributed by atoms with van der Waals surface area (Å²) in [5.41, 5.74) is 6.25. The molecule has 2 aliphatic rings. The van der Waals surface area contributed by atoms with Gasteiger partial charge in [0.15, 0.2) is 11.6 Å². The zero-order valence-corrected chi connectivity index (χ0v) is 23.1. The van der Waals surface area contributed by atoms with Crippen LogP contribution < -0.4 is 25.4 Å². The quantitative estimate of drug-likeness (QED) is 0.291. The maximum Gasteiger partial charge on any atom is 0.319 e. The van der Waals surface area contributed by atoms with Crippen molar-refractivity contribution in [3.8, 4) is 29.0 Å². The zero-order chi connectivity index (χ0) is 28.0. The van der Waals surface area contributed by atoms with Crippen LogP contribution in [0.25, 0.3) is 32.1 Å². The number of nitriles is 1. The molecule has 8 nitrogen and oxygen atoms in total. The molecule has 2 aromatic carbocycles. The molecule has 0 saturated heterocycles. The fourth-order valence-electron chi connectivity index (χ4n) is 5.25. The number of thiophene rings is 1. The molecule has 0 amide bonds. The molecule has 0 radical (unpaired) electrons. The number of hydrogen-bond acceptors (Lipinski definition) is 9. The number of benzene rings is 2. The molecule has 1 atom stereocenters. The minimum atomic E-state index is -0.746. The van der Waals surface area contributed by atoms with E-state index in [1.807, 2.05) is 18.0 Å². The Hall–Kier alpha value is -3.72. The van der Waals surface area contributed by atoms with Gasteiger partial charge in [-0.3, -0.25) is 0 Å². The second-order valence-corrected chi connectivity index (χ2v) is 11.0. The van der Waals surface area contributed by atoms with Gasteiger partial charge in [-0.2, -0.15) is 15.2 Å². The summed E-state index contributed by atoms with van der Waals surface area (Å²) in [6.45, 7) is 2.12. The van der Waals surface area contributed by atoms with Crippen LogP contribution in [-0.2, 0) is 0 Å². The number of nitrogens with zero attached hydrogens (tertiary/aromatic N) is 4. The Morgan fingerprint density at radius 1 is 1.25 bits per heavy atom. The van der Waals surface area contributed by atoms with Crippen LogP contribution in [0.3, 0.4) is 0 Å². The molecular formula is C28H25ClF2N6O2S. The number of aromatic nitrogens is 2. The highest BCUT2D eigenvalue weighted by molar-refractivity contribution is 7.23. The van der Waals surface area contributed by atoms with Gasteiger partial charge in [-0.15, -0.1) is 11.3 Å². The Kier molecular flexibility index (Phi) is 7.08. The van der Waals surface area contributed by atoms with Gasteiger partial charge in [0.05, 0.1) is 27.2 Å². The zero-order valence-electron chi connectivity index (χ0n) is 21.6. The molecule has 0 spiro atoms. The molecule has 0 aliphatic carbocycles. The van der Waals surface area contributed by atoms with Crippen LogP contribution in [0.4, 0.5) is 19.6 Å². The van der Waals surface area contributed by atoms with Crippen molar-refractivity contribution in [2.75, 3.05) is 43.9 Å². The van der Waals surface area contributed by atoms with Gasteiger partial charge in [-0.25, -0.2) is 8.78 Å². The highest BCUT2D eigenvalue weighted by atomic mass is 35.5. The average molecular weight is 583 g/mol. The first-order valence-corrected chi connectivity index (χ1v) is 14.1. The van der Waals surface area contributed by atoms with E-state index in [-0.39, 0.29) is 66.8 Å². The van der Waals surface area contributed by atoms with Gasteiger partial charge in [0.1, 0.15) is 40.9 Å². The van der Waals surface area contributed by atoms with Gasteiger partial charge in [0.2, 0.25) is 0 Å². The van der Waals surface area contributed by atoms with Crippen LogP contribution in [0.5, 0.6) is 11.8 Å². The van der Waals surface area contributed by atoms with E-state index in [0.29, 0.717) is 37.1 Å². The van der Waals surface area contributed by atoms with Gasteiger partial charge in [-0.1, -0.05) is 29.8 Å². The lowest BCUT2D eigenvalue weighted by Gasteiger charge is -2.23. The maximum absolute atomic E-state index is 16.7. The van der Waals surface area contributed by atoms with Crippen molar-refractivity contribution in [1.29, 1.82) is 5.26 Å². The topological polar surface area (TPSA) is 109 Å². The van der Waals surface area contributed by atoms with Crippen LogP contribution in [-0.4, -0.2) is 49.4 Å². The van der Waals surface area contributed by atoms with Crippen molar-refractivity contribution in [1.82, 2.24) is 15.3 Å². The van der Waals surface area contributed by atoms with Crippen LogP contribution in [0.15, 0.2) is 24.3 Å². The van der Waals surface area contributed by atoms with E-state index in [4.69, 9.17) is 31.8 Å². The number of halogens is 3. The number of nitrogen functional groups attached to an aromatic ring is 1. The lowest BCUT2D eigenvalue weighted by atomic mass is 9.96. The second kappa shape index (κ2) is 10.7. The summed E-state index contributed by atoms with van der Waals surface area (Å²) in [5.74, 6) is -0.604. The van der Waals surface area contributed by atoms with Crippen molar-refractivity contribution in [3.05, 3.63) is 46.5 Å². The van der Waals surface area contributed by atoms with E-state index in [0.717, 1.165) is 24.3 Å². The second-order valence-electron chi connectivity index (χ2n) is 9.60. The number of fused-ring (bicyclic) bond motifs is 2. The van der Waals surface area contributed by atoms with E-state index in [1.165, 1.54) is 12.1 Å². The van der Waals surface area contributed by atoms with Crippen molar-refractivity contribution >= 4 is 54.7 Å². The predicted molar refractivity (Wildman–Crippen MR) is 153 cm³/mol. The smallest absolute Gasteiger partial charge is 0.319 e. The van der Waals surface area contributed by atoms with Gasteiger partial charge >= 0.3 is 6.01 Å². The molecule has 1 unspecified atom stereocenters. The van der Waals surface area contributed by atoms with E-state index in [1.54, 1.807) is 0 Å². The number of hydrogen-bond donors (Lipinski definition) is 2. The Labute approximate surface area is 238 Å². The Morgan fingerprint density at radius 3 is 2.90 bits per heavy atom. The Morgan fingerprint density at radius 2 is 2.10 bits per heavy atom. The number of ether oxygens (including phenoxy) is 2. The van der Waals surface area contributed by atoms with Gasteiger partial charge < -0.3 is 25.4 Å². The van der Waals surface area contributed by atoms with Crippen molar-refractivity contribution in [2.24, 2.45) is 0 Å². The van der Waals surface area contributed by atoms with Gasteiger partial charge in [0.25, 0.3) is 0 Å². The third kappa shape index (κ3) is 4.36. The Bertz CT molecular complexity index is 1720. The monoisotopic (exact) mass is 582 g/mol. The van der Waals surface area contributed by atoms with E-state index >= 15 is 4.39 Å². The molecule has 2 aliphatic heterocycles.